The van der Waals surface area contributed by atoms with Crippen molar-refractivity contribution in [1.29, 1.82) is 5.26 Å². The van der Waals surface area contributed by atoms with Crippen molar-refractivity contribution in [1.82, 2.24) is 9.97 Å². The third-order valence-electron chi connectivity index (χ3n) is 4.47. The molecule has 7 heteroatoms. The van der Waals surface area contributed by atoms with Crippen molar-refractivity contribution in [3.63, 3.8) is 0 Å². The molecule has 0 saturated carbocycles. The van der Waals surface area contributed by atoms with Crippen molar-refractivity contribution in [3.8, 4) is 6.07 Å². The van der Waals surface area contributed by atoms with Gasteiger partial charge in [-0.25, -0.2) is 9.37 Å². The van der Waals surface area contributed by atoms with Crippen LogP contribution < -0.4 is 10.6 Å². The third kappa shape index (κ3) is 4.03. The number of thiophene rings is 1. The Balaban J connectivity index is 1.79. The number of hydrogen-bond donors (Lipinski definition) is 2. The normalized spacial score (nSPS) is 11.8. The third-order valence-corrected chi connectivity index (χ3v) is 5.52. The summed E-state index contributed by atoms with van der Waals surface area (Å²) in [6, 6.07) is 16.3. The zero-order valence-corrected chi connectivity index (χ0v) is 16.7. The lowest BCUT2D eigenvalue weighted by Crippen LogP contribution is -2.09. The quantitative estimate of drug-likeness (QED) is 0.432. The molecule has 0 aliphatic heterocycles. The van der Waals surface area contributed by atoms with E-state index in [0.717, 1.165) is 10.9 Å². The second-order valence-corrected chi connectivity index (χ2v) is 7.71. The summed E-state index contributed by atoms with van der Waals surface area (Å²) in [5.41, 5.74) is 2.33. The molecule has 144 valence electrons. The number of hydrogen-bond acceptors (Lipinski definition) is 6. The number of aryl methyl sites for hydroxylation is 1. The first-order chi connectivity index (χ1) is 14.0. The summed E-state index contributed by atoms with van der Waals surface area (Å²) in [7, 11) is 0. The Morgan fingerprint density at radius 3 is 2.72 bits per heavy atom. The van der Waals surface area contributed by atoms with Crippen LogP contribution in [-0.4, -0.2) is 9.97 Å². The summed E-state index contributed by atoms with van der Waals surface area (Å²) < 4.78 is 13.8. The van der Waals surface area contributed by atoms with Crippen molar-refractivity contribution in [2.24, 2.45) is 0 Å². The number of fused-ring (bicyclic) bond motifs is 1. The molecule has 29 heavy (non-hydrogen) atoms. The average molecular weight is 403 g/mol. The summed E-state index contributed by atoms with van der Waals surface area (Å²) in [6.07, 6.45) is 0. The Hall–Kier alpha value is -3.50. The number of para-hydroxylation sites is 1. The highest BCUT2D eigenvalue weighted by molar-refractivity contribution is 7.10. The van der Waals surface area contributed by atoms with Crippen molar-refractivity contribution in [3.05, 3.63) is 75.7 Å². The highest BCUT2D eigenvalue weighted by Crippen LogP contribution is 2.30. The van der Waals surface area contributed by atoms with Gasteiger partial charge in [0.25, 0.3) is 0 Å². The van der Waals surface area contributed by atoms with Crippen LogP contribution >= 0.6 is 11.3 Å². The SMILES string of the molecule is Cc1cc(F)cc(Nc2nc(N[C@H](C)c3cccs3)c3cccc(C#N)c3n2)c1. The van der Waals surface area contributed by atoms with Gasteiger partial charge in [0.15, 0.2) is 0 Å². The molecule has 0 aliphatic rings. The summed E-state index contributed by atoms with van der Waals surface area (Å²) in [5, 5.41) is 18.8. The highest BCUT2D eigenvalue weighted by Gasteiger charge is 2.15. The van der Waals surface area contributed by atoms with E-state index >= 15 is 0 Å². The number of nitriles is 1. The molecule has 0 bridgehead atoms. The summed E-state index contributed by atoms with van der Waals surface area (Å²) in [4.78, 5) is 10.3. The van der Waals surface area contributed by atoms with E-state index in [9.17, 15) is 9.65 Å². The monoisotopic (exact) mass is 403 g/mol. The Labute approximate surface area is 171 Å². The minimum Gasteiger partial charge on any atom is -0.362 e. The number of anilines is 3. The predicted molar refractivity (Wildman–Crippen MR) is 115 cm³/mol. The molecule has 0 amide bonds. The summed E-state index contributed by atoms with van der Waals surface area (Å²) in [6.45, 7) is 3.87. The molecular weight excluding hydrogens is 385 g/mol. The van der Waals surface area contributed by atoms with Crippen molar-refractivity contribution >= 4 is 39.7 Å². The summed E-state index contributed by atoms with van der Waals surface area (Å²) >= 11 is 1.66. The van der Waals surface area contributed by atoms with E-state index < -0.39 is 0 Å². The van der Waals surface area contributed by atoms with Gasteiger partial charge in [0.2, 0.25) is 5.95 Å². The molecule has 0 unspecified atom stereocenters. The van der Waals surface area contributed by atoms with Crippen LogP contribution in [-0.2, 0) is 0 Å². The van der Waals surface area contributed by atoms with Crippen molar-refractivity contribution in [2.75, 3.05) is 10.6 Å². The maximum Gasteiger partial charge on any atom is 0.229 e. The second kappa shape index (κ2) is 7.86. The van der Waals surface area contributed by atoms with E-state index in [4.69, 9.17) is 0 Å². The molecule has 2 aromatic carbocycles. The molecule has 0 fully saturated rings. The maximum absolute atomic E-state index is 13.8. The van der Waals surface area contributed by atoms with Crippen LogP contribution in [0.5, 0.6) is 0 Å². The molecule has 4 aromatic rings. The van der Waals surface area contributed by atoms with Crippen LogP contribution in [0.15, 0.2) is 53.9 Å². The van der Waals surface area contributed by atoms with Gasteiger partial charge in [-0.3, -0.25) is 0 Å². The second-order valence-electron chi connectivity index (χ2n) is 6.73. The lowest BCUT2D eigenvalue weighted by Gasteiger charge is -2.16. The molecule has 4 rings (SSSR count). The molecule has 0 saturated heterocycles. The zero-order chi connectivity index (χ0) is 20.4. The van der Waals surface area contributed by atoms with Crippen LogP contribution in [0, 0.1) is 24.1 Å². The van der Waals surface area contributed by atoms with E-state index in [1.165, 1.54) is 17.0 Å². The molecule has 2 N–H and O–H groups in total. The van der Waals surface area contributed by atoms with Gasteiger partial charge < -0.3 is 10.6 Å². The van der Waals surface area contributed by atoms with Gasteiger partial charge in [-0.05, 0) is 61.2 Å². The van der Waals surface area contributed by atoms with E-state index in [0.29, 0.717) is 28.5 Å². The molecular formula is C22H18FN5S. The lowest BCUT2D eigenvalue weighted by molar-refractivity contribution is 0.627. The number of benzene rings is 2. The molecule has 2 heterocycles. The van der Waals surface area contributed by atoms with Crippen molar-refractivity contribution in [2.45, 2.75) is 19.9 Å². The molecule has 1 atom stereocenters. The van der Waals surface area contributed by atoms with Crippen LogP contribution in [0.1, 0.15) is 29.0 Å². The largest absolute Gasteiger partial charge is 0.362 e. The average Bonchev–Trinajstić information content (AvgIpc) is 3.22. The Morgan fingerprint density at radius 2 is 2.00 bits per heavy atom. The lowest BCUT2D eigenvalue weighted by atomic mass is 10.1. The fourth-order valence-corrected chi connectivity index (χ4v) is 3.89. The first-order valence-corrected chi connectivity index (χ1v) is 9.96. The van der Waals surface area contributed by atoms with Gasteiger partial charge in [-0.15, -0.1) is 11.3 Å². The van der Waals surface area contributed by atoms with Crippen LogP contribution in [0.4, 0.5) is 21.8 Å². The Kier molecular flexibility index (Phi) is 5.10. The van der Waals surface area contributed by atoms with E-state index in [2.05, 4.69) is 39.7 Å². The van der Waals surface area contributed by atoms with E-state index in [1.807, 2.05) is 36.6 Å². The van der Waals surface area contributed by atoms with Crippen LogP contribution in [0.3, 0.4) is 0 Å². The minimum absolute atomic E-state index is 0.0307. The fraction of sp³-hybridized carbons (Fsp3) is 0.136. The van der Waals surface area contributed by atoms with Crippen LogP contribution in [0.25, 0.3) is 10.9 Å². The number of nitrogens with one attached hydrogen (secondary N) is 2. The first kappa shape index (κ1) is 18.8. The van der Waals surface area contributed by atoms with Gasteiger partial charge in [0.1, 0.15) is 17.7 Å². The van der Waals surface area contributed by atoms with Gasteiger partial charge in [-0.2, -0.15) is 10.2 Å². The standard InChI is InChI=1S/C22H18FN5S/c1-13-9-16(23)11-17(10-13)26-22-27-20-15(12-24)5-3-6-18(20)21(28-22)25-14(2)19-7-4-8-29-19/h3-11,14H,1-2H3,(H2,25,26,27,28)/t14-/m1/s1. The number of rotatable bonds is 5. The number of nitrogens with zero attached hydrogens (tertiary/aromatic N) is 3. The van der Waals surface area contributed by atoms with Crippen molar-refractivity contribution < 1.29 is 4.39 Å². The van der Waals surface area contributed by atoms with E-state index in [1.54, 1.807) is 17.4 Å². The highest BCUT2D eigenvalue weighted by atomic mass is 32.1. The number of aromatic nitrogens is 2. The predicted octanol–water partition coefficient (Wildman–Crippen LogP) is 5.93. The Morgan fingerprint density at radius 1 is 1.14 bits per heavy atom. The first-order valence-electron chi connectivity index (χ1n) is 9.08. The van der Waals surface area contributed by atoms with E-state index in [-0.39, 0.29) is 11.9 Å². The van der Waals surface area contributed by atoms with Gasteiger partial charge in [0.05, 0.1) is 17.1 Å². The zero-order valence-electron chi connectivity index (χ0n) is 15.9. The van der Waals surface area contributed by atoms with Gasteiger partial charge in [-0.1, -0.05) is 12.1 Å². The molecule has 2 aromatic heterocycles. The summed E-state index contributed by atoms with van der Waals surface area (Å²) in [5.74, 6) is 0.574. The molecule has 0 spiro atoms. The topological polar surface area (TPSA) is 73.6 Å². The molecule has 0 radical (unpaired) electrons. The minimum atomic E-state index is -0.337. The maximum atomic E-state index is 13.8. The molecule has 5 nitrogen and oxygen atoms in total. The smallest absolute Gasteiger partial charge is 0.229 e. The van der Waals surface area contributed by atoms with Gasteiger partial charge in [0, 0.05) is 16.0 Å². The molecule has 0 aliphatic carbocycles. The van der Waals surface area contributed by atoms with Crippen LogP contribution in [0.2, 0.25) is 0 Å². The van der Waals surface area contributed by atoms with Gasteiger partial charge >= 0.3 is 0 Å². The Bertz CT molecular complexity index is 1190. The number of halogens is 1. The fourth-order valence-electron chi connectivity index (χ4n) is 3.16.